The zero-order valence-electron chi connectivity index (χ0n) is 20.8. The lowest BCUT2D eigenvalue weighted by atomic mass is 10.0. The molecule has 0 amide bonds. The van der Waals surface area contributed by atoms with Crippen molar-refractivity contribution in [1.29, 1.82) is 0 Å². The quantitative estimate of drug-likeness (QED) is 0.268. The molecule has 0 fully saturated rings. The summed E-state index contributed by atoms with van der Waals surface area (Å²) in [6, 6.07) is 25.6. The Balaban J connectivity index is 0.000000861. The second-order valence-corrected chi connectivity index (χ2v) is 8.73. The van der Waals surface area contributed by atoms with Gasteiger partial charge in [-0.15, -0.1) is 0 Å². The van der Waals surface area contributed by atoms with Gasteiger partial charge in [0.25, 0.3) is 0 Å². The van der Waals surface area contributed by atoms with Crippen LogP contribution >= 0.6 is 0 Å². The van der Waals surface area contributed by atoms with Gasteiger partial charge in [0.15, 0.2) is 0 Å². The molecule has 0 aliphatic rings. The number of hydrogen-bond acceptors (Lipinski definition) is 6. The first-order valence-corrected chi connectivity index (χ1v) is 13.3. The van der Waals surface area contributed by atoms with E-state index in [0.29, 0.717) is 11.6 Å². The molecule has 0 aliphatic carbocycles. The van der Waals surface area contributed by atoms with Crippen LogP contribution in [0.2, 0.25) is 0 Å². The maximum absolute atomic E-state index is 11.5. The summed E-state index contributed by atoms with van der Waals surface area (Å²) in [6.07, 6.45) is 1.64. The summed E-state index contributed by atoms with van der Waals surface area (Å²) in [5.74, 6) is 1.16. The molecule has 0 bridgehead atoms. The summed E-state index contributed by atoms with van der Waals surface area (Å²) in [4.78, 5) is 9.46. The number of aromatic nitrogens is 2. The van der Waals surface area contributed by atoms with Gasteiger partial charge in [-0.25, -0.2) is 23.5 Å². The average molecular weight is 503 g/mol. The zero-order valence-corrected chi connectivity index (χ0v) is 21.6. The van der Waals surface area contributed by atoms with Gasteiger partial charge in [-0.1, -0.05) is 58.0 Å². The molecular weight excluding hydrogens is 472 g/mol. The van der Waals surface area contributed by atoms with Gasteiger partial charge in [-0.05, 0) is 54.6 Å². The van der Waals surface area contributed by atoms with E-state index in [4.69, 9.17) is 14.5 Å². The van der Waals surface area contributed by atoms with Crippen molar-refractivity contribution < 1.29 is 12.8 Å². The van der Waals surface area contributed by atoms with Gasteiger partial charge >= 0.3 is 0 Å². The number of primary sulfonamides is 1. The van der Waals surface area contributed by atoms with Crippen molar-refractivity contribution in [2.45, 2.75) is 32.6 Å². The number of fused-ring (bicyclic) bond motifs is 1. The van der Waals surface area contributed by atoms with Crippen LogP contribution in [0.5, 0.6) is 0 Å². The van der Waals surface area contributed by atoms with E-state index in [1.165, 1.54) is 12.1 Å². The predicted octanol–water partition coefficient (Wildman–Crippen LogP) is 7.00. The Kier molecular flexibility index (Phi) is 8.94. The van der Waals surface area contributed by atoms with E-state index in [2.05, 4.69) is 10.3 Å². The van der Waals surface area contributed by atoms with Crippen molar-refractivity contribution in [3.05, 3.63) is 91.2 Å². The highest BCUT2D eigenvalue weighted by molar-refractivity contribution is 7.89. The fraction of sp³-hybridized carbons (Fsp3) is 0.143. The van der Waals surface area contributed by atoms with E-state index in [-0.39, 0.29) is 4.90 Å². The van der Waals surface area contributed by atoms with Crippen LogP contribution in [0.4, 0.5) is 11.6 Å². The Morgan fingerprint density at radius 1 is 0.778 bits per heavy atom. The zero-order chi connectivity index (χ0) is 26.1. The summed E-state index contributed by atoms with van der Waals surface area (Å²) in [5, 5.41) is 9.21. The van der Waals surface area contributed by atoms with Gasteiger partial charge in [0, 0.05) is 22.2 Å². The summed E-state index contributed by atoms with van der Waals surface area (Å²) >= 11 is 0. The van der Waals surface area contributed by atoms with Crippen LogP contribution in [0.15, 0.2) is 101 Å². The lowest BCUT2D eigenvalue weighted by molar-refractivity contribution is 0.582. The number of furan rings is 1. The van der Waals surface area contributed by atoms with Gasteiger partial charge in [0.2, 0.25) is 16.0 Å². The van der Waals surface area contributed by atoms with E-state index >= 15 is 0 Å². The van der Waals surface area contributed by atoms with Crippen molar-refractivity contribution in [1.82, 2.24) is 9.97 Å². The molecule has 0 aliphatic heterocycles. The number of nitrogens with one attached hydrogen (secondary N) is 1. The van der Waals surface area contributed by atoms with E-state index in [1.54, 1.807) is 18.4 Å². The maximum Gasteiger partial charge on any atom is 0.238 e. The number of rotatable bonds is 5. The molecule has 2 aromatic heterocycles. The van der Waals surface area contributed by atoms with Crippen molar-refractivity contribution in [3.8, 4) is 22.6 Å². The number of hydrogen-bond donors (Lipinski definition) is 2. The topological polar surface area (TPSA) is 111 Å². The summed E-state index contributed by atoms with van der Waals surface area (Å²) in [6.45, 7) is 8.00. The Labute approximate surface area is 212 Å². The SMILES string of the molecule is CC.CC.NS(=O)(=O)c1ccc(Nc2nc(-c3ccccc3)c3cc(-c4ccco4)ccc3n2)cc1. The first-order valence-electron chi connectivity index (χ1n) is 11.8. The Bertz CT molecular complexity index is 1500. The normalized spacial score (nSPS) is 10.6. The number of nitrogens with two attached hydrogens (primary N) is 1. The molecule has 2 heterocycles. The van der Waals surface area contributed by atoms with Crippen LogP contribution in [-0.2, 0) is 10.0 Å². The highest BCUT2D eigenvalue weighted by atomic mass is 32.2. The number of sulfonamides is 1. The molecule has 3 N–H and O–H groups in total. The third kappa shape index (κ3) is 6.16. The fourth-order valence-corrected chi connectivity index (χ4v) is 3.97. The average Bonchev–Trinajstić information content (AvgIpc) is 3.46. The van der Waals surface area contributed by atoms with Gasteiger partial charge in [0.05, 0.1) is 22.4 Å². The molecule has 0 radical (unpaired) electrons. The molecule has 0 saturated carbocycles. The molecule has 3 aromatic carbocycles. The molecule has 0 unspecified atom stereocenters. The number of anilines is 2. The van der Waals surface area contributed by atoms with E-state index in [1.807, 2.05) is 88.4 Å². The van der Waals surface area contributed by atoms with Crippen molar-refractivity contribution in [3.63, 3.8) is 0 Å². The highest BCUT2D eigenvalue weighted by Crippen LogP contribution is 2.32. The number of benzene rings is 3. The van der Waals surface area contributed by atoms with Crippen molar-refractivity contribution in [2.75, 3.05) is 5.32 Å². The van der Waals surface area contributed by atoms with Gasteiger partial charge in [-0.3, -0.25) is 0 Å². The van der Waals surface area contributed by atoms with Gasteiger partial charge < -0.3 is 9.73 Å². The Hall–Kier alpha value is -4.01. The van der Waals surface area contributed by atoms with Crippen LogP contribution in [0.1, 0.15) is 27.7 Å². The smallest absolute Gasteiger partial charge is 0.238 e. The monoisotopic (exact) mass is 502 g/mol. The first kappa shape index (κ1) is 26.6. The molecular formula is C28H30N4O3S. The number of nitrogens with zero attached hydrogens (tertiary/aromatic N) is 2. The van der Waals surface area contributed by atoms with Crippen LogP contribution < -0.4 is 10.5 Å². The minimum Gasteiger partial charge on any atom is -0.464 e. The third-order valence-corrected chi connectivity index (χ3v) is 5.92. The fourth-order valence-electron chi connectivity index (χ4n) is 3.45. The van der Waals surface area contributed by atoms with Crippen LogP contribution in [-0.4, -0.2) is 18.4 Å². The summed E-state index contributed by atoms with van der Waals surface area (Å²) in [7, 11) is -3.75. The van der Waals surface area contributed by atoms with Crippen LogP contribution in [0.3, 0.4) is 0 Å². The summed E-state index contributed by atoms with van der Waals surface area (Å²) in [5.41, 5.74) is 4.06. The Morgan fingerprint density at radius 2 is 1.47 bits per heavy atom. The lowest BCUT2D eigenvalue weighted by Gasteiger charge is -2.12. The minimum absolute atomic E-state index is 0.0397. The second kappa shape index (κ2) is 12.1. The van der Waals surface area contributed by atoms with Gasteiger partial charge in [0.1, 0.15) is 5.76 Å². The summed E-state index contributed by atoms with van der Waals surface area (Å²) < 4.78 is 28.5. The molecule has 8 heteroatoms. The third-order valence-electron chi connectivity index (χ3n) is 4.99. The maximum atomic E-state index is 11.5. The highest BCUT2D eigenvalue weighted by Gasteiger charge is 2.13. The van der Waals surface area contributed by atoms with Crippen molar-refractivity contribution >= 4 is 32.6 Å². The molecule has 5 aromatic rings. The predicted molar refractivity (Wildman–Crippen MR) is 146 cm³/mol. The van der Waals surface area contributed by atoms with E-state index in [9.17, 15) is 8.42 Å². The minimum atomic E-state index is -3.75. The van der Waals surface area contributed by atoms with Crippen molar-refractivity contribution in [2.24, 2.45) is 5.14 Å². The van der Waals surface area contributed by atoms with E-state index in [0.717, 1.165) is 33.5 Å². The second-order valence-electron chi connectivity index (χ2n) is 7.17. The van der Waals surface area contributed by atoms with Crippen LogP contribution in [0, 0.1) is 0 Å². The molecule has 0 saturated heterocycles. The molecule has 0 spiro atoms. The molecule has 0 atom stereocenters. The van der Waals surface area contributed by atoms with Crippen LogP contribution in [0.25, 0.3) is 33.5 Å². The lowest BCUT2D eigenvalue weighted by Crippen LogP contribution is -2.11. The molecule has 7 nitrogen and oxygen atoms in total. The Morgan fingerprint density at radius 3 is 2.08 bits per heavy atom. The van der Waals surface area contributed by atoms with Gasteiger partial charge in [-0.2, -0.15) is 0 Å². The molecule has 5 rings (SSSR count). The molecule has 36 heavy (non-hydrogen) atoms. The first-order chi connectivity index (χ1) is 17.5. The standard InChI is InChI=1S/C24H18N4O3S.2C2H6/c25-32(29,30)19-11-9-18(10-12-19)26-24-27-21-13-8-17(22-7-4-14-31-22)15-20(21)23(28-24)16-5-2-1-3-6-16;2*1-2/h1-15H,(H2,25,29,30)(H,26,27,28);2*1-2H3. The largest absolute Gasteiger partial charge is 0.464 e. The van der Waals surface area contributed by atoms with E-state index < -0.39 is 10.0 Å². The molecule has 186 valence electrons.